The van der Waals surface area contributed by atoms with Gasteiger partial charge in [0.05, 0.1) is 24.4 Å². The molecule has 1 aliphatic heterocycles. The Morgan fingerprint density at radius 2 is 1.71 bits per heavy atom. The molecule has 3 N–H and O–H groups in total. The maximum absolute atomic E-state index is 13.0. The van der Waals surface area contributed by atoms with Crippen LogP contribution in [0.3, 0.4) is 0 Å². The van der Waals surface area contributed by atoms with Crippen LogP contribution in [0.25, 0.3) is 11.1 Å². The number of rotatable bonds is 5. The Morgan fingerprint density at radius 1 is 1.00 bits per heavy atom. The van der Waals surface area contributed by atoms with Crippen molar-refractivity contribution in [3.8, 4) is 11.1 Å². The predicted octanol–water partition coefficient (Wildman–Crippen LogP) is 0.751. The summed E-state index contributed by atoms with van der Waals surface area (Å²) in [4.78, 5) is 29.5. The summed E-state index contributed by atoms with van der Waals surface area (Å²) in [6.07, 6.45) is -7.30. The Morgan fingerprint density at radius 3 is 2.32 bits per heavy atom. The Hall–Kier alpha value is -3.32. The number of pyridine rings is 1. The Labute approximate surface area is 189 Å². The lowest BCUT2D eigenvalue weighted by Gasteiger charge is -2.18. The predicted molar refractivity (Wildman–Crippen MR) is 112 cm³/mol. The number of hydrogen-bond acceptors (Lipinski definition) is 7. The normalized spacial score (nSPS) is 22.8. The van der Waals surface area contributed by atoms with Crippen LogP contribution in [-0.4, -0.2) is 54.4 Å². The highest BCUT2D eigenvalue weighted by molar-refractivity contribution is 5.63. The van der Waals surface area contributed by atoms with E-state index in [1.54, 1.807) is 6.07 Å². The molecule has 1 fully saturated rings. The molecule has 1 saturated heterocycles. The second kappa shape index (κ2) is 9.14. The lowest BCUT2D eigenvalue weighted by molar-refractivity contribution is -0.137. The van der Waals surface area contributed by atoms with Gasteiger partial charge in [0.1, 0.15) is 18.3 Å². The van der Waals surface area contributed by atoms with Crippen molar-refractivity contribution in [1.82, 2.24) is 14.1 Å². The summed E-state index contributed by atoms with van der Waals surface area (Å²) in [5.41, 5.74) is -0.978. The molecule has 4 atom stereocenters. The molecule has 2 aromatic heterocycles. The van der Waals surface area contributed by atoms with Crippen molar-refractivity contribution in [3.05, 3.63) is 87.0 Å². The maximum atomic E-state index is 13.0. The summed E-state index contributed by atoms with van der Waals surface area (Å²) in [5, 5.41) is 29.4. The topological polar surface area (TPSA) is 127 Å². The van der Waals surface area contributed by atoms with E-state index in [4.69, 9.17) is 4.74 Å². The van der Waals surface area contributed by atoms with Crippen LogP contribution in [-0.2, 0) is 17.5 Å². The number of nitrogens with zero attached hydrogens (tertiary/aromatic N) is 3. The van der Waals surface area contributed by atoms with Crippen LogP contribution >= 0.6 is 0 Å². The first kappa shape index (κ1) is 23.8. The van der Waals surface area contributed by atoms with Crippen LogP contribution < -0.4 is 11.2 Å². The summed E-state index contributed by atoms with van der Waals surface area (Å²) in [6, 6.07) is 8.73. The summed E-state index contributed by atoms with van der Waals surface area (Å²) in [6.45, 7) is -0.842. The highest BCUT2D eigenvalue weighted by Crippen LogP contribution is 2.31. The number of hydrogen-bond donors (Lipinski definition) is 3. The van der Waals surface area contributed by atoms with Gasteiger partial charge in [-0.25, -0.2) is 4.79 Å². The zero-order valence-electron chi connectivity index (χ0n) is 17.5. The van der Waals surface area contributed by atoms with E-state index < -0.39 is 54.1 Å². The molecule has 3 heterocycles. The van der Waals surface area contributed by atoms with Gasteiger partial charge in [0, 0.05) is 18.5 Å². The smallest absolute Gasteiger partial charge is 0.394 e. The Kier molecular flexibility index (Phi) is 6.41. The van der Waals surface area contributed by atoms with E-state index in [1.807, 2.05) is 0 Å². The zero-order valence-corrected chi connectivity index (χ0v) is 17.5. The number of benzene rings is 1. The largest absolute Gasteiger partial charge is 0.416 e. The zero-order chi connectivity index (χ0) is 24.6. The van der Waals surface area contributed by atoms with E-state index in [-0.39, 0.29) is 12.2 Å². The molecule has 0 bridgehead atoms. The summed E-state index contributed by atoms with van der Waals surface area (Å²) < 4.78 is 45.6. The van der Waals surface area contributed by atoms with Crippen LogP contribution in [0.15, 0.2) is 64.4 Å². The fourth-order valence-corrected chi connectivity index (χ4v) is 3.74. The molecule has 12 heteroatoms. The van der Waals surface area contributed by atoms with E-state index in [9.17, 15) is 38.1 Å². The van der Waals surface area contributed by atoms with Crippen molar-refractivity contribution in [1.29, 1.82) is 0 Å². The second-order valence-electron chi connectivity index (χ2n) is 7.77. The Bertz CT molecular complexity index is 1290. The summed E-state index contributed by atoms with van der Waals surface area (Å²) >= 11 is 0. The van der Waals surface area contributed by atoms with Gasteiger partial charge in [-0.1, -0.05) is 12.1 Å². The number of aromatic nitrogens is 3. The molecule has 180 valence electrons. The van der Waals surface area contributed by atoms with Crippen molar-refractivity contribution in [2.75, 3.05) is 6.61 Å². The van der Waals surface area contributed by atoms with Crippen molar-refractivity contribution in [3.63, 3.8) is 0 Å². The summed E-state index contributed by atoms with van der Waals surface area (Å²) in [7, 11) is 0. The third-order valence-electron chi connectivity index (χ3n) is 5.57. The van der Waals surface area contributed by atoms with Gasteiger partial charge in [-0.3, -0.25) is 18.9 Å². The fraction of sp³-hybridized carbons (Fsp3) is 0.318. The first-order valence-electron chi connectivity index (χ1n) is 10.2. The molecule has 0 aliphatic carbocycles. The van der Waals surface area contributed by atoms with Crippen LogP contribution in [0.1, 0.15) is 17.5 Å². The number of aliphatic hydroxyl groups is 3. The molecule has 34 heavy (non-hydrogen) atoms. The second-order valence-corrected chi connectivity index (χ2v) is 7.77. The van der Waals surface area contributed by atoms with E-state index in [1.165, 1.54) is 24.4 Å². The molecule has 1 aromatic carbocycles. The lowest BCUT2D eigenvalue weighted by atomic mass is 10.0. The average molecular weight is 479 g/mol. The minimum atomic E-state index is -4.46. The highest BCUT2D eigenvalue weighted by atomic mass is 19.4. The van der Waals surface area contributed by atoms with Crippen molar-refractivity contribution >= 4 is 0 Å². The van der Waals surface area contributed by atoms with Gasteiger partial charge in [0.25, 0.3) is 5.56 Å². The van der Waals surface area contributed by atoms with Gasteiger partial charge in [-0.2, -0.15) is 13.2 Å². The number of halogens is 3. The van der Waals surface area contributed by atoms with Crippen LogP contribution in [0.5, 0.6) is 0 Å². The first-order chi connectivity index (χ1) is 16.1. The van der Waals surface area contributed by atoms with Gasteiger partial charge in [-0.15, -0.1) is 0 Å². The van der Waals surface area contributed by atoms with E-state index in [0.29, 0.717) is 11.1 Å². The molecule has 9 nitrogen and oxygen atoms in total. The first-order valence-corrected chi connectivity index (χ1v) is 10.2. The van der Waals surface area contributed by atoms with Gasteiger partial charge in [-0.05, 0) is 35.4 Å². The minimum Gasteiger partial charge on any atom is -0.394 e. The maximum Gasteiger partial charge on any atom is 0.416 e. The molecule has 0 radical (unpaired) electrons. The third kappa shape index (κ3) is 4.53. The molecule has 0 spiro atoms. The van der Waals surface area contributed by atoms with Gasteiger partial charge < -0.3 is 20.1 Å². The molecule has 4 unspecified atom stereocenters. The molecule has 3 aromatic rings. The molecule has 1 aliphatic rings. The third-order valence-corrected chi connectivity index (χ3v) is 5.57. The standard InChI is InChI=1S/C22H20F3N3O6/c23-22(24,25)14-3-1-12(2-4-14)13-5-7-26-15(9-13)10-28-17(30)6-8-27(21(28)33)20-19(32)18(31)16(11-29)34-20/h1-9,16,18-20,29,31-32H,10-11H2. The minimum absolute atomic E-state index is 0.262. The quantitative estimate of drug-likeness (QED) is 0.493. The molecular weight excluding hydrogens is 459 g/mol. The fourth-order valence-electron chi connectivity index (χ4n) is 3.74. The van der Waals surface area contributed by atoms with Crippen molar-refractivity contribution < 1.29 is 33.2 Å². The van der Waals surface area contributed by atoms with Crippen molar-refractivity contribution in [2.24, 2.45) is 0 Å². The SMILES string of the molecule is O=c1ccn(C2OC(CO)C(O)C2O)c(=O)n1Cc1cc(-c2ccc(C(F)(F)F)cc2)ccn1. The van der Waals surface area contributed by atoms with E-state index >= 15 is 0 Å². The van der Waals surface area contributed by atoms with Gasteiger partial charge >= 0.3 is 11.9 Å². The number of aliphatic hydroxyl groups excluding tert-OH is 3. The molecular formula is C22H20F3N3O6. The van der Waals surface area contributed by atoms with Crippen LogP contribution in [0.4, 0.5) is 13.2 Å². The lowest BCUT2D eigenvalue weighted by Crippen LogP contribution is -2.43. The highest BCUT2D eigenvalue weighted by Gasteiger charge is 2.43. The van der Waals surface area contributed by atoms with Crippen LogP contribution in [0.2, 0.25) is 0 Å². The monoisotopic (exact) mass is 479 g/mol. The Balaban J connectivity index is 1.63. The molecule has 0 saturated carbocycles. The number of ether oxygens (including phenoxy) is 1. The van der Waals surface area contributed by atoms with E-state index in [2.05, 4.69) is 4.98 Å². The average Bonchev–Trinajstić information content (AvgIpc) is 3.10. The molecule has 0 amide bonds. The van der Waals surface area contributed by atoms with E-state index in [0.717, 1.165) is 33.5 Å². The van der Waals surface area contributed by atoms with Crippen LogP contribution in [0, 0.1) is 0 Å². The molecule has 4 rings (SSSR count). The summed E-state index contributed by atoms with van der Waals surface area (Å²) in [5.74, 6) is 0. The van der Waals surface area contributed by atoms with Gasteiger partial charge in [0.2, 0.25) is 0 Å². The number of alkyl halides is 3. The van der Waals surface area contributed by atoms with Gasteiger partial charge in [0.15, 0.2) is 6.23 Å². The van der Waals surface area contributed by atoms with Crippen molar-refractivity contribution in [2.45, 2.75) is 37.3 Å².